The molecular weight excluding hydrogens is 380 g/mol. The first kappa shape index (κ1) is 18.0. The fourth-order valence-corrected chi connectivity index (χ4v) is 3.14. The average Bonchev–Trinajstić information content (AvgIpc) is 3.12. The third kappa shape index (κ3) is 3.18. The lowest BCUT2D eigenvalue weighted by atomic mass is 10.0. The van der Waals surface area contributed by atoms with Crippen molar-refractivity contribution >= 4 is 28.4 Å². The van der Waals surface area contributed by atoms with Crippen LogP contribution in [0.4, 0.5) is 5.69 Å². The molecule has 1 heterocycles. The Bertz CT molecular complexity index is 1220. The van der Waals surface area contributed by atoms with Crippen molar-refractivity contribution < 1.29 is 14.1 Å². The number of oxazole rings is 1. The van der Waals surface area contributed by atoms with E-state index >= 15 is 0 Å². The molecule has 0 aliphatic heterocycles. The molecule has 28 heavy (non-hydrogen) atoms. The Labute approximate surface area is 165 Å². The van der Waals surface area contributed by atoms with Gasteiger partial charge in [-0.15, -0.1) is 0 Å². The largest absolute Gasteiger partial charge is 0.490 e. The second-order valence-corrected chi connectivity index (χ2v) is 6.72. The maximum Gasteiger partial charge on any atom is 0.311 e. The van der Waals surface area contributed by atoms with E-state index in [1.165, 1.54) is 19.2 Å². The van der Waals surface area contributed by atoms with Crippen LogP contribution in [-0.2, 0) is 0 Å². The van der Waals surface area contributed by atoms with Crippen LogP contribution in [0.15, 0.2) is 59.0 Å². The molecule has 0 spiro atoms. The molecule has 0 unspecified atom stereocenters. The van der Waals surface area contributed by atoms with E-state index in [-0.39, 0.29) is 11.4 Å². The number of hydrogen-bond acceptors (Lipinski definition) is 5. The molecule has 0 saturated heterocycles. The number of hydrogen-bond donors (Lipinski definition) is 0. The lowest BCUT2D eigenvalue weighted by molar-refractivity contribution is -0.385. The summed E-state index contributed by atoms with van der Waals surface area (Å²) in [5.74, 6) is 0.496. The number of fused-ring (bicyclic) bond motifs is 1. The zero-order chi connectivity index (χ0) is 19.8. The lowest BCUT2D eigenvalue weighted by Crippen LogP contribution is -1.94. The molecule has 0 N–H and O–H groups in total. The van der Waals surface area contributed by atoms with Crippen LogP contribution in [0.25, 0.3) is 33.7 Å². The van der Waals surface area contributed by atoms with Gasteiger partial charge in [0.15, 0.2) is 11.3 Å². The second kappa shape index (κ2) is 6.98. The van der Waals surface area contributed by atoms with E-state index < -0.39 is 4.92 Å². The van der Waals surface area contributed by atoms with Crippen molar-refractivity contribution in [3.05, 3.63) is 75.3 Å². The van der Waals surface area contributed by atoms with Crippen molar-refractivity contribution in [1.29, 1.82) is 0 Å². The predicted octanol–water partition coefficient (Wildman–Crippen LogP) is 6.04. The number of ether oxygens (including phenoxy) is 1. The molecule has 1 aromatic heterocycles. The molecule has 4 rings (SSSR count). The van der Waals surface area contributed by atoms with Gasteiger partial charge >= 0.3 is 5.69 Å². The number of methoxy groups -OCH3 is 1. The first-order valence-corrected chi connectivity index (χ1v) is 8.84. The second-order valence-electron chi connectivity index (χ2n) is 6.31. The van der Waals surface area contributed by atoms with Crippen LogP contribution in [0, 0.1) is 17.0 Å². The van der Waals surface area contributed by atoms with Crippen molar-refractivity contribution in [3.63, 3.8) is 0 Å². The van der Waals surface area contributed by atoms with Crippen molar-refractivity contribution in [3.8, 4) is 28.3 Å². The topological polar surface area (TPSA) is 78.4 Å². The summed E-state index contributed by atoms with van der Waals surface area (Å²) in [6.45, 7) is 1.95. The summed E-state index contributed by atoms with van der Waals surface area (Å²) in [5.41, 5.74) is 4.63. The van der Waals surface area contributed by atoms with Gasteiger partial charge in [-0.3, -0.25) is 10.1 Å². The minimum atomic E-state index is -0.494. The highest BCUT2D eigenvalue weighted by molar-refractivity contribution is 6.31. The Morgan fingerprint density at radius 2 is 1.75 bits per heavy atom. The Morgan fingerprint density at radius 1 is 1.04 bits per heavy atom. The highest BCUT2D eigenvalue weighted by atomic mass is 35.5. The van der Waals surface area contributed by atoms with Crippen LogP contribution in [-0.4, -0.2) is 17.0 Å². The van der Waals surface area contributed by atoms with Gasteiger partial charge in [0.2, 0.25) is 5.89 Å². The monoisotopic (exact) mass is 394 g/mol. The summed E-state index contributed by atoms with van der Waals surface area (Å²) in [7, 11) is 1.39. The third-order valence-corrected chi connectivity index (χ3v) is 4.93. The van der Waals surface area contributed by atoms with Gasteiger partial charge in [0, 0.05) is 16.7 Å². The summed E-state index contributed by atoms with van der Waals surface area (Å²) in [6, 6.07) is 16.1. The average molecular weight is 395 g/mol. The fourth-order valence-electron chi connectivity index (χ4n) is 3.02. The quantitative estimate of drug-likeness (QED) is 0.311. The molecule has 0 aliphatic rings. The summed E-state index contributed by atoms with van der Waals surface area (Å²) < 4.78 is 10.8. The zero-order valence-electron chi connectivity index (χ0n) is 15.1. The minimum Gasteiger partial charge on any atom is -0.490 e. The van der Waals surface area contributed by atoms with E-state index in [0.29, 0.717) is 22.6 Å². The van der Waals surface area contributed by atoms with E-state index in [2.05, 4.69) is 4.98 Å². The SMILES string of the molecule is COc1ccc(-c2nc3cc(-c4ccc(Cl)c(C)c4)ccc3o2)cc1[N+](=O)[O-]. The summed E-state index contributed by atoms with van der Waals surface area (Å²) in [5, 5.41) is 12.0. The normalized spacial score (nSPS) is 11.0. The molecule has 0 atom stereocenters. The fraction of sp³-hybridized carbons (Fsp3) is 0.0952. The molecule has 4 aromatic rings. The molecule has 6 nitrogen and oxygen atoms in total. The molecule has 0 saturated carbocycles. The molecule has 140 valence electrons. The van der Waals surface area contributed by atoms with Crippen LogP contribution >= 0.6 is 11.6 Å². The smallest absolute Gasteiger partial charge is 0.311 e. The summed E-state index contributed by atoms with van der Waals surface area (Å²) in [6.07, 6.45) is 0. The number of nitrogens with zero attached hydrogens (tertiary/aromatic N) is 2. The van der Waals surface area contributed by atoms with E-state index in [0.717, 1.165) is 21.7 Å². The number of benzene rings is 3. The zero-order valence-corrected chi connectivity index (χ0v) is 15.9. The van der Waals surface area contributed by atoms with Crippen molar-refractivity contribution in [1.82, 2.24) is 4.98 Å². The van der Waals surface area contributed by atoms with E-state index in [4.69, 9.17) is 20.8 Å². The molecule has 3 aromatic carbocycles. The Morgan fingerprint density at radius 3 is 2.46 bits per heavy atom. The first-order chi connectivity index (χ1) is 13.5. The number of nitro groups is 1. The van der Waals surface area contributed by atoms with Gasteiger partial charge in [-0.05, 0) is 60.0 Å². The minimum absolute atomic E-state index is 0.139. The molecule has 0 bridgehead atoms. The first-order valence-electron chi connectivity index (χ1n) is 8.46. The van der Waals surface area contributed by atoms with Crippen LogP contribution in [0.3, 0.4) is 0 Å². The number of halogens is 1. The number of nitro benzene ring substituents is 1. The van der Waals surface area contributed by atoms with Gasteiger partial charge in [-0.1, -0.05) is 23.7 Å². The van der Waals surface area contributed by atoms with Crippen molar-refractivity contribution in [2.75, 3.05) is 7.11 Å². The van der Waals surface area contributed by atoms with Gasteiger partial charge in [-0.2, -0.15) is 0 Å². The number of aryl methyl sites for hydroxylation is 1. The maximum absolute atomic E-state index is 11.3. The van der Waals surface area contributed by atoms with Gasteiger partial charge in [0.25, 0.3) is 0 Å². The summed E-state index contributed by atoms with van der Waals surface area (Å²) in [4.78, 5) is 15.3. The van der Waals surface area contributed by atoms with Crippen molar-refractivity contribution in [2.45, 2.75) is 6.92 Å². The molecule has 0 aliphatic carbocycles. The Hall–Kier alpha value is -3.38. The van der Waals surface area contributed by atoms with Crippen LogP contribution < -0.4 is 4.74 Å². The lowest BCUT2D eigenvalue weighted by Gasteiger charge is -2.04. The molecule has 0 radical (unpaired) electrons. The van der Waals surface area contributed by atoms with Gasteiger partial charge in [0.1, 0.15) is 5.52 Å². The van der Waals surface area contributed by atoms with Crippen LogP contribution in [0.5, 0.6) is 5.75 Å². The number of aromatic nitrogens is 1. The molecular formula is C21H15ClN2O4. The standard InChI is InChI=1S/C21H15ClN2O4/c1-12-9-13(3-6-16(12)22)14-4-7-19-17(10-14)23-21(28-19)15-5-8-20(27-2)18(11-15)24(25)26/h3-11H,1-2H3. The third-order valence-electron chi connectivity index (χ3n) is 4.50. The highest BCUT2D eigenvalue weighted by Crippen LogP contribution is 2.34. The van der Waals surface area contributed by atoms with Gasteiger partial charge in [-0.25, -0.2) is 4.98 Å². The Kier molecular flexibility index (Phi) is 4.49. The summed E-state index contributed by atoms with van der Waals surface area (Å²) >= 11 is 6.11. The van der Waals surface area contributed by atoms with Crippen LogP contribution in [0.1, 0.15) is 5.56 Å². The highest BCUT2D eigenvalue weighted by Gasteiger charge is 2.18. The predicted molar refractivity (Wildman–Crippen MR) is 108 cm³/mol. The maximum atomic E-state index is 11.3. The van der Waals surface area contributed by atoms with E-state index in [9.17, 15) is 10.1 Å². The van der Waals surface area contributed by atoms with Gasteiger partial charge in [0.05, 0.1) is 12.0 Å². The van der Waals surface area contributed by atoms with Crippen molar-refractivity contribution in [2.24, 2.45) is 0 Å². The van der Waals surface area contributed by atoms with E-state index in [1.807, 2.05) is 43.3 Å². The molecule has 0 amide bonds. The van der Waals surface area contributed by atoms with E-state index in [1.54, 1.807) is 6.07 Å². The Balaban J connectivity index is 1.77. The number of rotatable bonds is 4. The molecule has 7 heteroatoms. The van der Waals surface area contributed by atoms with Crippen LogP contribution in [0.2, 0.25) is 5.02 Å². The molecule has 0 fully saturated rings. The van der Waals surface area contributed by atoms with Gasteiger partial charge < -0.3 is 9.15 Å².